The quantitative estimate of drug-likeness (QED) is 0.766. The Labute approximate surface area is 84.5 Å². The molecule has 13 heavy (non-hydrogen) atoms. The summed E-state index contributed by atoms with van der Waals surface area (Å²) in [4.78, 5) is 4.13. The van der Waals surface area contributed by atoms with E-state index in [4.69, 9.17) is 4.74 Å². The fourth-order valence-electron chi connectivity index (χ4n) is 1.41. The van der Waals surface area contributed by atoms with Crippen molar-refractivity contribution < 1.29 is 4.74 Å². The Morgan fingerprint density at radius 1 is 1.54 bits per heavy atom. The third-order valence-corrected chi connectivity index (χ3v) is 2.61. The predicted octanol–water partition coefficient (Wildman–Crippen LogP) is 2.34. The smallest absolute Gasteiger partial charge is 0.223 e. The first kappa shape index (κ1) is 8.56. The van der Waals surface area contributed by atoms with Crippen LogP contribution in [0.4, 0.5) is 0 Å². The lowest BCUT2D eigenvalue weighted by Crippen LogP contribution is -1.89. The second-order valence-electron chi connectivity index (χ2n) is 2.80. The molecular formula is C9H9BrN2O. The molecule has 0 bridgehead atoms. The van der Waals surface area contributed by atoms with Crippen LogP contribution in [0.3, 0.4) is 0 Å². The van der Waals surface area contributed by atoms with E-state index >= 15 is 0 Å². The van der Waals surface area contributed by atoms with E-state index in [0.717, 1.165) is 15.4 Å². The highest BCUT2D eigenvalue weighted by molar-refractivity contribution is 9.10. The molecule has 2 rings (SSSR count). The van der Waals surface area contributed by atoms with Crippen molar-refractivity contribution in [1.82, 2.24) is 9.55 Å². The Hall–Kier alpha value is -1.03. The van der Waals surface area contributed by atoms with E-state index in [9.17, 15) is 0 Å². The minimum absolute atomic E-state index is 0.657. The highest BCUT2D eigenvalue weighted by atomic mass is 79.9. The number of halogens is 1. The Bertz CT molecular complexity index is 450. The van der Waals surface area contributed by atoms with Gasteiger partial charge < -0.3 is 9.30 Å². The Balaban J connectivity index is 2.88. The first-order valence-corrected chi connectivity index (χ1v) is 4.67. The minimum atomic E-state index is 0.657. The van der Waals surface area contributed by atoms with Crippen LogP contribution in [0.1, 0.15) is 0 Å². The molecule has 0 amide bonds. The van der Waals surface area contributed by atoms with Crippen LogP contribution in [0.2, 0.25) is 0 Å². The van der Waals surface area contributed by atoms with Crippen LogP contribution in [0, 0.1) is 0 Å². The topological polar surface area (TPSA) is 27.1 Å². The molecule has 0 spiro atoms. The number of rotatable bonds is 1. The molecule has 0 saturated heterocycles. The summed E-state index contributed by atoms with van der Waals surface area (Å²) in [6, 6.07) is 1.96. The number of hydrogen-bond donors (Lipinski definition) is 0. The van der Waals surface area contributed by atoms with Gasteiger partial charge in [0.15, 0.2) is 0 Å². The van der Waals surface area contributed by atoms with Crippen LogP contribution in [-0.4, -0.2) is 16.7 Å². The lowest BCUT2D eigenvalue weighted by atomic mass is 10.3. The molecule has 0 aliphatic heterocycles. The third kappa shape index (κ3) is 1.21. The maximum Gasteiger partial charge on any atom is 0.223 e. The van der Waals surface area contributed by atoms with Crippen molar-refractivity contribution in [1.29, 1.82) is 0 Å². The Morgan fingerprint density at radius 3 is 3.00 bits per heavy atom. The monoisotopic (exact) mass is 240 g/mol. The summed E-state index contributed by atoms with van der Waals surface area (Å²) in [7, 11) is 3.62. The summed E-state index contributed by atoms with van der Waals surface area (Å²) in [5.41, 5.74) is 1.11. The number of aromatic nitrogens is 2. The van der Waals surface area contributed by atoms with Gasteiger partial charge in [-0.1, -0.05) is 0 Å². The van der Waals surface area contributed by atoms with Crippen LogP contribution in [0.25, 0.3) is 10.9 Å². The molecule has 4 heteroatoms. The molecule has 0 aliphatic carbocycles. The van der Waals surface area contributed by atoms with Gasteiger partial charge >= 0.3 is 0 Å². The van der Waals surface area contributed by atoms with E-state index in [-0.39, 0.29) is 0 Å². The first-order valence-electron chi connectivity index (χ1n) is 3.87. The summed E-state index contributed by atoms with van der Waals surface area (Å²) in [5, 5.41) is 1.02. The van der Waals surface area contributed by atoms with Crippen molar-refractivity contribution in [3.05, 3.63) is 22.9 Å². The van der Waals surface area contributed by atoms with E-state index in [1.807, 2.05) is 23.9 Å². The number of nitrogens with zero attached hydrogens (tertiary/aromatic N) is 2. The maximum absolute atomic E-state index is 5.17. The largest absolute Gasteiger partial charge is 0.480 e. The van der Waals surface area contributed by atoms with Gasteiger partial charge in [0.05, 0.1) is 18.0 Å². The van der Waals surface area contributed by atoms with Gasteiger partial charge in [-0.05, 0) is 22.0 Å². The van der Waals surface area contributed by atoms with E-state index in [1.165, 1.54) is 0 Å². The number of methoxy groups -OCH3 is 1. The molecule has 0 aromatic carbocycles. The second-order valence-corrected chi connectivity index (χ2v) is 3.66. The predicted molar refractivity (Wildman–Crippen MR) is 55.0 cm³/mol. The number of aryl methyl sites for hydroxylation is 1. The van der Waals surface area contributed by atoms with E-state index in [1.54, 1.807) is 13.3 Å². The molecule has 2 heterocycles. The summed E-state index contributed by atoms with van der Waals surface area (Å²) < 4.78 is 8.21. The van der Waals surface area contributed by atoms with Gasteiger partial charge in [-0.2, -0.15) is 0 Å². The van der Waals surface area contributed by atoms with Gasteiger partial charge in [0.1, 0.15) is 0 Å². The molecule has 2 aromatic rings. The number of fused-ring (bicyclic) bond motifs is 1. The highest BCUT2D eigenvalue weighted by Crippen LogP contribution is 2.31. The Morgan fingerprint density at radius 2 is 2.31 bits per heavy atom. The van der Waals surface area contributed by atoms with Crippen molar-refractivity contribution >= 4 is 26.8 Å². The fourth-order valence-corrected chi connectivity index (χ4v) is 2.09. The lowest BCUT2D eigenvalue weighted by molar-refractivity contribution is 0.403. The molecule has 0 fully saturated rings. The van der Waals surface area contributed by atoms with Gasteiger partial charge in [0.2, 0.25) is 5.88 Å². The Kier molecular flexibility index (Phi) is 2.00. The molecule has 3 nitrogen and oxygen atoms in total. The summed E-state index contributed by atoms with van der Waals surface area (Å²) in [6.45, 7) is 0. The summed E-state index contributed by atoms with van der Waals surface area (Å²) in [5.74, 6) is 0.657. The number of ether oxygens (including phenoxy) is 1. The fraction of sp³-hybridized carbons (Fsp3) is 0.222. The normalized spacial score (nSPS) is 10.7. The van der Waals surface area contributed by atoms with Crippen molar-refractivity contribution in [2.75, 3.05) is 7.11 Å². The van der Waals surface area contributed by atoms with Crippen LogP contribution in [0.5, 0.6) is 5.88 Å². The van der Waals surface area contributed by atoms with Gasteiger partial charge in [0, 0.05) is 23.9 Å². The third-order valence-electron chi connectivity index (χ3n) is 2.01. The molecule has 0 aliphatic rings. The minimum Gasteiger partial charge on any atom is -0.480 e. The molecule has 0 N–H and O–H groups in total. The van der Waals surface area contributed by atoms with Crippen molar-refractivity contribution in [3.8, 4) is 5.88 Å². The zero-order valence-electron chi connectivity index (χ0n) is 7.41. The van der Waals surface area contributed by atoms with Crippen LogP contribution in [0.15, 0.2) is 22.9 Å². The van der Waals surface area contributed by atoms with Gasteiger partial charge in [0.25, 0.3) is 0 Å². The number of hydrogen-bond acceptors (Lipinski definition) is 2. The molecule has 0 saturated carbocycles. The lowest BCUT2D eigenvalue weighted by Gasteiger charge is -2.00. The zero-order valence-corrected chi connectivity index (χ0v) is 9.00. The molecule has 0 unspecified atom stereocenters. The van der Waals surface area contributed by atoms with E-state index in [0.29, 0.717) is 5.88 Å². The van der Waals surface area contributed by atoms with Gasteiger partial charge in [-0.15, -0.1) is 0 Å². The van der Waals surface area contributed by atoms with Crippen LogP contribution in [-0.2, 0) is 7.05 Å². The number of pyridine rings is 1. The second kappa shape index (κ2) is 3.03. The van der Waals surface area contributed by atoms with E-state index in [2.05, 4.69) is 20.9 Å². The highest BCUT2D eigenvalue weighted by Gasteiger charge is 2.09. The standard InChI is InChI=1S/C9H9BrN2O/c1-12-5-6(10)8-7(12)3-4-11-9(8)13-2/h3-5H,1-2H3. The average Bonchev–Trinajstić information content (AvgIpc) is 2.43. The SMILES string of the molecule is COc1nccc2c1c(Br)cn2C. The molecule has 0 atom stereocenters. The molecule has 2 aromatic heterocycles. The zero-order chi connectivity index (χ0) is 9.42. The molecular weight excluding hydrogens is 232 g/mol. The average molecular weight is 241 g/mol. The van der Waals surface area contributed by atoms with Crippen molar-refractivity contribution in [2.24, 2.45) is 7.05 Å². The molecule has 68 valence electrons. The summed E-state index contributed by atoms with van der Waals surface area (Å²) in [6.07, 6.45) is 3.74. The van der Waals surface area contributed by atoms with Gasteiger partial charge in [-0.25, -0.2) is 4.98 Å². The molecule has 0 radical (unpaired) electrons. The first-order chi connectivity index (χ1) is 6.24. The summed E-state index contributed by atoms with van der Waals surface area (Å²) >= 11 is 3.47. The van der Waals surface area contributed by atoms with Gasteiger partial charge in [-0.3, -0.25) is 0 Å². The van der Waals surface area contributed by atoms with E-state index < -0.39 is 0 Å². The van der Waals surface area contributed by atoms with Crippen molar-refractivity contribution in [2.45, 2.75) is 0 Å². The van der Waals surface area contributed by atoms with Crippen LogP contribution < -0.4 is 4.74 Å². The van der Waals surface area contributed by atoms with Crippen molar-refractivity contribution in [3.63, 3.8) is 0 Å². The maximum atomic E-state index is 5.17. The van der Waals surface area contributed by atoms with Crippen LogP contribution >= 0.6 is 15.9 Å².